The molecule has 2 aliphatic carbocycles. The summed E-state index contributed by atoms with van der Waals surface area (Å²) in [7, 11) is 0. The van der Waals surface area contributed by atoms with Gasteiger partial charge in [0.15, 0.2) is 0 Å². The van der Waals surface area contributed by atoms with Gasteiger partial charge in [-0.2, -0.15) is 0 Å². The second-order valence-corrected chi connectivity index (χ2v) is 9.33. The fourth-order valence-corrected chi connectivity index (χ4v) is 6.04. The molecule has 0 saturated heterocycles. The van der Waals surface area contributed by atoms with Gasteiger partial charge in [-0.1, -0.05) is 37.3 Å². The number of Topliss-reactive ketones (excluding diaryl/α,β-unsaturated/α-hetero) is 1. The zero-order valence-corrected chi connectivity index (χ0v) is 18.2. The Labute approximate surface area is 178 Å². The van der Waals surface area contributed by atoms with Crippen LogP contribution in [-0.4, -0.2) is 29.9 Å². The van der Waals surface area contributed by atoms with Crippen molar-refractivity contribution in [2.45, 2.75) is 71.0 Å². The van der Waals surface area contributed by atoms with Crippen molar-refractivity contribution in [2.24, 2.45) is 17.3 Å². The summed E-state index contributed by atoms with van der Waals surface area (Å²) in [6, 6.07) is 8.93. The van der Waals surface area contributed by atoms with Gasteiger partial charge in [-0.05, 0) is 63.0 Å². The standard InChI is InChI=1S/C25H32O5/c1-17-15-21(30-23(28)19-9-6-5-7-10-19)22-24(3,20(17)12-11-18(2)27)13-8-14-25(22,4)29-16-26/h5-7,9-10,16,20-22H,1,8,11-15H2,2-4H3/t20?,21-,22?,24-,25-/m1/s1. The van der Waals surface area contributed by atoms with Crippen LogP contribution in [0.25, 0.3) is 0 Å². The lowest BCUT2D eigenvalue weighted by atomic mass is 9.48. The summed E-state index contributed by atoms with van der Waals surface area (Å²) in [5, 5.41) is 0. The first-order valence-corrected chi connectivity index (χ1v) is 10.8. The van der Waals surface area contributed by atoms with Gasteiger partial charge in [0.05, 0.1) is 5.56 Å². The van der Waals surface area contributed by atoms with E-state index in [1.807, 2.05) is 13.0 Å². The van der Waals surface area contributed by atoms with Gasteiger partial charge in [-0.25, -0.2) is 4.79 Å². The van der Waals surface area contributed by atoms with Crippen LogP contribution in [0.5, 0.6) is 0 Å². The molecule has 2 unspecified atom stereocenters. The van der Waals surface area contributed by atoms with Crippen molar-refractivity contribution in [2.75, 3.05) is 0 Å². The van der Waals surface area contributed by atoms with Gasteiger partial charge in [0.25, 0.3) is 6.47 Å². The van der Waals surface area contributed by atoms with Crippen molar-refractivity contribution in [3.05, 3.63) is 48.0 Å². The number of rotatable bonds is 7. The third-order valence-corrected chi connectivity index (χ3v) is 7.25. The second-order valence-electron chi connectivity index (χ2n) is 9.33. The molecule has 0 spiro atoms. The topological polar surface area (TPSA) is 69.7 Å². The van der Waals surface area contributed by atoms with Crippen LogP contribution in [0.15, 0.2) is 42.5 Å². The molecule has 5 heteroatoms. The second kappa shape index (κ2) is 8.75. The van der Waals surface area contributed by atoms with Gasteiger partial charge >= 0.3 is 5.97 Å². The van der Waals surface area contributed by atoms with Gasteiger partial charge in [0.2, 0.25) is 0 Å². The van der Waals surface area contributed by atoms with E-state index < -0.39 is 11.7 Å². The average Bonchev–Trinajstić information content (AvgIpc) is 2.67. The molecule has 1 aromatic carbocycles. The molecule has 0 aromatic heterocycles. The molecule has 2 saturated carbocycles. The maximum atomic E-state index is 12.9. The Balaban J connectivity index is 1.96. The minimum absolute atomic E-state index is 0.118. The highest BCUT2D eigenvalue weighted by Gasteiger charge is 2.60. The van der Waals surface area contributed by atoms with Crippen LogP contribution >= 0.6 is 0 Å². The van der Waals surface area contributed by atoms with Crippen LogP contribution in [0.1, 0.15) is 69.7 Å². The molecular formula is C25H32O5. The number of benzene rings is 1. The monoisotopic (exact) mass is 412 g/mol. The number of fused-ring (bicyclic) bond motifs is 1. The van der Waals surface area contributed by atoms with Crippen LogP contribution in [0.4, 0.5) is 0 Å². The minimum atomic E-state index is -0.731. The number of carbonyl (C=O) groups is 3. The van der Waals surface area contributed by atoms with E-state index in [2.05, 4.69) is 13.5 Å². The molecule has 5 nitrogen and oxygen atoms in total. The summed E-state index contributed by atoms with van der Waals surface area (Å²) >= 11 is 0. The Bertz CT molecular complexity index is 816. The van der Waals surface area contributed by atoms with E-state index in [1.54, 1.807) is 31.2 Å². The van der Waals surface area contributed by atoms with Crippen molar-refractivity contribution in [1.82, 2.24) is 0 Å². The summed E-state index contributed by atoms with van der Waals surface area (Å²) in [6.07, 6.45) is 3.82. The zero-order chi connectivity index (χ0) is 21.9. The highest BCUT2D eigenvalue weighted by Crippen LogP contribution is 2.60. The van der Waals surface area contributed by atoms with E-state index in [0.29, 0.717) is 24.9 Å². The maximum Gasteiger partial charge on any atom is 0.338 e. The highest BCUT2D eigenvalue weighted by atomic mass is 16.6. The van der Waals surface area contributed by atoms with Crippen LogP contribution < -0.4 is 0 Å². The van der Waals surface area contributed by atoms with Gasteiger partial charge in [0.1, 0.15) is 17.5 Å². The quantitative estimate of drug-likeness (QED) is 0.362. The zero-order valence-electron chi connectivity index (χ0n) is 18.2. The molecule has 0 heterocycles. The van der Waals surface area contributed by atoms with Crippen molar-refractivity contribution in [3.63, 3.8) is 0 Å². The molecule has 5 atom stereocenters. The van der Waals surface area contributed by atoms with Crippen LogP contribution in [-0.2, 0) is 19.1 Å². The molecule has 30 heavy (non-hydrogen) atoms. The molecule has 0 aliphatic heterocycles. The number of esters is 1. The average molecular weight is 413 g/mol. The Hall–Kier alpha value is -2.43. The van der Waals surface area contributed by atoms with E-state index in [4.69, 9.17) is 9.47 Å². The fourth-order valence-electron chi connectivity index (χ4n) is 6.04. The molecular weight excluding hydrogens is 380 g/mol. The summed E-state index contributed by atoms with van der Waals surface area (Å²) in [6.45, 7) is 10.6. The third-order valence-electron chi connectivity index (χ3n) is 7.25. The van der Waals surface area contributed by atoms with E-state index >= 15 is 0 Å². The third kappa shape index (κ3) is 4.21. The predicted octanol–water partition coefficient (Wildman–Crippen LogP) is 4.90. The molecule has 0 radical (unpaired) electrons. The predicted molar refractivity (Wildman–Crippen MR) is 114 cm³/mol. The van der Waals surface area contributed by atoms with Gasteiger partial charge < -0.3 is 14.3 Å². The Morgan fingerprint density at radius 1 is 1.20 bits per heavy atom. The summed E-state index contributed by atoms with van der Waals surface area (Å²) in [5.41, 5.74) is 0.502. The Morgan fingerprint density at radius 3 is 2.53 bits per heavy atom. The van der Waals surface area contributed by atoms with E-state index in [9.17, 15) is 14.4 Å². The first-order chi connectivity index (χ1) is 14.2. The molecule has 0 bridgehead atoms. The molecule has 2 fully saturated rings. The molecule has 3 rings (SSSR count). The fraction of sp³-hybridized carbons (Fsp3) is 0.560. The number of hydrogen-bond acceptors (Lipinski definition) is 5. The van der Waals surface area contributed by atoms with Crippen molar-refractivity contribution >= 4 is 18.2 Å². The smallest absolute Gasteiger partial charge is 0.338 e. The molecule has 1 aromatic rings. The normalized spacial score (nSPS) is 33.3. The number of ketones is 1. The van der Waals surface area contributed by atoms with E-state index in [-0.39, 0.29) is 29.0 Å². The first kappa shape index (κ1) is 22.3. The van der Waals surface area contributed by atoms with Gasteiger partial charge in [-0.15, -0.1) is 0 Å². The largest absolute Gasteiger partial charge is 0.461 e. The van der Waals surface area contributed by atoms with Gasteiger partial charge in [-0.3, -0.25) is 4.79 Å². The molecule has 0 N–H and O–H groups in total. The molecule has 2 aliphatic rings. The molecule has 0 amide bonds. The summed E-state index contributed by atoms with van der Waals surface area (Å²) in [4.78, 5) is 35.9. The number of carbonyl (C=O) groups excluding carboxylic acids is 3. The lowest BCUT2D eigenvalue weighted by Crippen LogP contribution is -2.61. The summed E-state index contributed by atoms with van der Waals surface area (Å²) in [5.74, 6) is -0.271. The Kier molecular flexibility index (Phi) is 6.49. The van der Waals surface area contributed by atoms with E-state index in [1.165, 1.54) is 0 Å². The Morgan fingerprint density at radius 2 is 1.90 bits per heavy atom. The maximum absolute atomic E-state index is 12.9. The van der Waals surface area contributed by atoms with Gasteiger partial charge in [0, 0.05) is 18.8 Å². The first-order valence-electron chi connectivity index (χ1n) is 10.8. The summed E-state index contributed by atoms with van der Waals surface area (Å²) < 4.78 is 11.7. The highest BCUT2D eigenvalue weighted by molar-refractivity contribution is 5.89. The van der Waals surface area contributed by atoms with Crippen molar-refractivity contribution < 1.29 is 23.9 Å². The van der Waals surface area contributed by atoms with E-state index in [0.717, 1.165) is 31.3 Å². The molecule has 162 valence electrons. The lowest BCUT2D eigenvalue weighted by molar-refractivity contribution is -0.192. The SMILES string of the molecule is C=C1C[C@@H](OC(=O)c2ccccc2)C2[C@](C)(CCC[C@@]2(C)OC=O)C1CCC(C)=O. The number of ether oxygens (including phenoxy) is 2. The minimum Gasteiger partial charge on any atom is -0.461 e. The van der Waals surface area contributed by atoms with Crippen LogP contribution in [0, 0.1) is 17.3 Å². The lowest BCUT2D eigenvalue weighted by Gasteiger charge is -2.59. The van der Waals surface area contributed by atoms with Crippen LogP contribution in [0.3, 0.4) is 0 Å². The number of hydrogen-bond donors (Lipinski definition) is 0. The van der Waals surface area contributed by atoms with Crippen LogP contribution in [0.2, 0.25) is 0 Å². The van der Waals surface area contributed by atoms with Crippen molar-refractivity contribution in [1.29, 1.82) is 0 Å². The van der Waals surface area contributed by atoms with Crippen molar-refractivity contribution in [3.8, 4) is 0 Å².